The average Bonchev–Trinajstić information content (AvgIpc) is 2.72. The number of phenolic OH excluding ortho intramolecular Hbond substituents is 1. The maximum atomic E-state index is 9.32. The second-order valence-corrected chi connectivity index (χ2v) is 4.42. The second-order valence-electron chi connectivity index (χ2n) is 4.42. The monoisotopic (exact) mass is 245 g/mol. The van der Waals surface area contributed by atoms with Crippen LogP contribution in [0.1, 0.15) is 12.1 Å². The first kappa shape index (κ1) is 12.6. The Morgan fingerprint density at radius 3 is 2.67 bits per heavy atom. The van der Waals surface area contributed by atoms with Crippen LogP contribution in [0.5, 0.6) is 5.75 Å². The van der Waals surface area contributed by atoms with Crippen molar-refractivity contribution in [2.75, 3.05) is 13.6 Å². The number of phenols is 1. The number of nitrogens with zero attached hydrogens (tertiary/aromatic N) is 2. The van der Waals surface area contributed by atoms with Gasteiger partial charge in [-0.15, -0.1) is 0 Å². The van der Waals surface area contributed by atoms with E-state index in [2.05, 4.69) is 10.4 Å². The molecule has 0 aliphatic heterocycles. The number of hydrogen-bond donors (Lipinski definition) is 2. The molecule has 0 aliphatic carbocycles. The zero-order valence-electron chi connectivity index (χ0n) is 10.8. The van der Waals surface area contributed by atoms with Crippen molar-refractivity contribution in [3.8, 4) is 16.9 Å². The Labute approximate surface area is 107 Å². The van der Waals surface area contributed by atoms with Gasteiger partial charge in [0.2, 0.25) is 0 Å². The third-order valence-electron chi connectivity index (χ3n) is 2.92. The average molecular weight is 245 g/mol. The molecule has 2 aromatic rings. The fourth-order valence-corrected chi connectivity index (χ4v) is 2.03. The summed E-state index contributed by atoms with van der Waals surface area (Å²) in [7, 11) is 3.89. The molecule has 0 saturated carbocycles. The third kappa shape index (κ3) is 2.90. The van der Waals surface area contributed by atoms with Gasteiger partial charge in [0.1, 0.15) is 5.75 Å². The number of rotatable bonds is 5. The molecular weight excluding hydrogens is 226 g/mol. The van der Waals surface area contributed by atoms with E-state index in [1.807, 2.05) is 37.1 Å². The minimum Gasteiger partial charge on any atom is -0.508 e. The van der Waals surface area contributed by atoms with E-state index in [4.69, 9.17) is 0 Å². The molecule has 1 aromatic heterocycles. The largest absolute Gasteiger partial charge is 0.508 e. The predicted octanol–water partition coefficient (Wildman–Crippen LogP) is 1.94. The van der Waals surface area contributed by atoms with E-state index in [9.17, 15) is 5.11 Å². The molecule has 4 nitrogen and oxygen atoms in total. The smallest absolute Gasteiger partial charge is 0.115 e. The fourth-order valence-electron chi connectivity index (χ4n) is 2.03. The van der Waals surface area contributed by atoms with Gasteiger partial charge >= 0.3 is 0 Å². The molecule has 96 valence electrons. The van der Waals surface area contributed by atoms with Gasteiger partial charge in [-0.3, -0.25) is 4.68 Å². The van der Waals surface area contributed by atoms with Gasteiger partial charge in [0.25, 0.3) is 0 Å². The minimum absolute atomic E-state index is 0.291. The molecule has 0 radical (unpaired) electrons. The SMILES string of the molecule is CNCCCc1nn(C)cc1-c1ccc(O)cc1. The van der Waals surface area contributed by atoms with Crippen LogP contribution in [0.25, 0.3) is 11.1 Å². The van der Waals surface area contributed by atoms with E-state index in [-0.39, 0.29) is 0 Å². The van der Waals surface area contributed by atoms with E-state index in [1.165, 1.54) is 0 Å². The second kappa shape index (κ2) is 5.69. The molecule has 1 heterocycles. The quantitative estimate of drug-likeness (QED) is 0.792. The van der Waals surface area contributed by atoms with Crippen molar-refractivity contribution in [1.29, 1.82) is 0 Å². The van der Waals surface area contributed by atoms with Crippen LogP contribution in [0, 0.1) is 0 Å². The highest BCUT2D eigenvalue weighted by Gasteiger charge is 2.09. The van der Waals surface area contributed by atoms with E-state index in [0.29, 0.717) is 5.75 Å². The summed E-state index contributed by atoms with van der Waals surface area (Å²) in [5.41, 5.74) is 3.35. The summed E-state index contributed by atoms with van der Waals surface area (Å²) in [5, 5.41) is 17.0. The Morgan fingerprint density at radius 2 is 2.00 bits per heavy atom. The molecule has 0 bridgehead atoms. The zero-order valence-corrected chi connectivity index (χ0v) is 10.8. The lowest BCUT2D eigenvalue weighted by Crippen LogP contribution is -2.08. The number of aromatic hydroxyl groups is 1. The number of aryl methyl sites for hydroxylation is 2. The van der Waals surface area contributed by atoms with Crippen molar-refractivity contribution in [3.63, 3.8) is 0 Å². The third-order valence-corrected chi connectivity index (χ3v) is 2.92. The van der Waals surface area contributed by atoms with Gasteiger partial charge in [0.05, 0.1) is 5.69 Å². The van der Waals surface area contributed by atoms with Crippen molar-refractivity contribution in [2.24, 2.45) is 7.05 Å². The first-order valence-corrected chi connectivity index (χ1v) is 6.17. The fraction of sp³-hybridized carbons (Fsp3) is 0.357. The molecular formula is C14H19N3O. The Morgan fingerprint density at radius 1 is 1.28 bits per heavy atom. The van der Waals surface area contributed by atoms with Crippen LogP contribution < -0.4 is 5.32 Å². The number of aromatic nitrogens is 2. The zero-order chi connectivity index (χ0) is 13.0. The van der Waals surface area contributed by atoms with Crippen LogP contribution in [0.3, 0.4) is 0 Å². The van der Waals surface area contributed by atoms with Crippen molar-refractivity contribution >= 4 is 0 Å². The summed E-state index contributed by atoms with van der Waals surface area (Å²) in [6.45, 7) is 0.992. The van der Waals surface area contributed by atoms with Gasteiger partial charge in [0, 0.05) is 18.8 Å². The molecule has 2 N–H and O–H groups in total. The number of nitrogens with one attached hydrogen (secondary N) is 1. The first-order chi connectivity index (χ1) is 8.70. The lowest BCUT2D eigenvalue weighted by molar-refractivity contribution is 0.475. The summed E-state index contributed by atoms with van der Waals surface area (Å²) < 4.78 is 1.84. The minimum atomic E-state index is 0.291. The summed E-state index contributed by atoms with van der Waals surface area (Å²) in [6.07, 6.45) is 4.05. The standard InChI is InChI=1S/C14H19N3O/c1-15-9-3-4-14-13(10-17(2)16-14)11-5-7-12(18)8-6-11/h5-8,10,15,18H,3-4,9H2,1-2H3. The Bertz CT molecular complexity index is 502. The molecule has 0 amide bonds. The van der Waals surface area contributed by atoms with Gasteiger partial charge in [-0.1, -0.05) is 12.1 Å². The van der Waals surface area contributed by atoms with E-state index in [1.54, 1.807) is 12.1 Å². The highest BCUT2D eigenvalue weighted by Crippen LogP contribution is 2.25. The molecule has 0 aliphatic rings. The topological polar surface area (TPSA) is 50.1 Å². The number of hydrogen-bond acceptors (Lipinski definition) is 3. The van der Waals surface area contributed by atoms with Crippen LogP contribution in [-0.2, 0) is 13.5 Å². The molecule has 0 fully saturated rings. The van der Waals surface area contributed by atoms with Crippen LogP contribution in [0.4, 0.5) is 0 Å². The molecule has 0 saturated heterocycles. The van der Waals surface area contributed by atoms with Crippen LogP contribution in [0.2, 0.25) is 0 Å². The molecule has 0 unspecified atom stereocenters. The molecule has 0 atom stereocenters. The maximum absolute atomic E-state index is 9.32. The Kier molecular flexibility index (Phi) is 3.99. The highest BCUT2D eigenvalue weighted by molar-refractivity contribution is 5.66. The van der Waals surface area contributed by atoms with Gasteiger partial charge in [-0.05, 0) is 44.1 Å². The summed E-state index contributed by atoms with van der Waals surface area (Å²) in [6, 6.07) is 7.27. The first-order valence-electron chi connectivity index (χ1n) is 6.17. The maximum Gasteiger partial charge on any atom is 0.115 e. The van der Waals surface area contributed by atoms with E-state index < -0.39 is 0 Å². The lowest BCUT2D eigenvalue weighted by atomic mass is 10.0. The van der Waals surface area contributed by atoms with Crippen LogP contribution in [-0.4, -0.2) is 28.5 Å². The highest BCUT2D eigenvalue weighted by atomic mass is 16.3. The van der Waals surface area contributed by atoms with Crippen LogP contribution >= 0.6 is 0 Å². The Hall–Kier alpha value is -1.81. The summed E-state index contributed by atoms with van der Waals surface area (Å²) in [5.74, 6) is 0.291. The van der Waals surface area contributed by atoms with Gasteiger partial charge in [-0.25, -0.2) is 0 Å². The molecule has 2 rings (SSSR count). The van der Waals surface area contributed by atoms with Gasteiger partial charge in [0.15, 0.2) is 0 Å². The summed E-state index contributed by atoms with van der Waals surface area (Å²) in [4.78, 5) is 0. The van der Waals surface area contributed by atoms with E-state index in [0.717, 1.165) is 36.2 Å². The van der Waals surface area contributed by atoms with Crippen molar-refractivity contribution < 1.29 is 5.11 Å². The van der Waals surface area contributed by atoms with Gasteiger partial charge in [-0.2, -0.15) is 5.10 Å². The van der Waals surface area contributed by atoms with Crippen molar-refractivity contribution in [3.05, 3.63) is 36.2 Å². The molecule has 4 heteroatoms. The molecule has 1 aromatic carbocycles. The van der Waals surface area contributed by atoms with Crippen molar-refractivity contribution in [1.82, 2.24) is 15.1 Å². The predicted molar refractivity (Wildman–Crippen MR) is 72.6 cm³/mol. The van der Waals surface area contributed by atoms with Gasteiger partial charge < -0.3 is 10.4 Å². The van der Waals surface area contributed by atoms with E-state index >= 15 is 0 Å². The van der Waals surface area contributed by atoms with Crippen LogP contribution in [0.15, 0.2) is 30.5 Å². The normalized spacial score (nSPS) is 10.8. The molecule has 0 spiro atoms. The molecule has 18 heavy (non-hydrogen) atoms. The number of benzene rings is 1. The summed E-state index contributed by atoms with van der Waals surface area (Å²) >= 11 is 0. The van der Waals surface area contributed by atoms with Crippen molar-refractivity contribution in [2.45, 2.75) is 12.8 Å². The lowest BCUT2D eigenvalue weighted by Gasteiger charge is -2.03. The Balaban J connectivity index is 2.23.